The molecule has 0 aromatic carbocycles. The molecule has 2 heterocycles. The second-order valence-corrected chi connectivity index (χ2v) is 5.10. The zero-order valence-corrected chi connectivity index (χ0v) is 10.2. The van der Waals surface area contributed by atoms with E-state index in [1.807, 2.05) is 27.7 Å². The first-order valence-corrected chi connectivity index (χ1v) is 5.39. The molecule has 1 saturated heterocycles. The Morgan fingerprint density at radius 3 is 2.25 bits per heavy atom. The van der Waals surface area contributed by atoms with E-state index in [2.05, 4.69) is 4.98 Å². The van der Waals surface area contributed by atoms with Gasteiger partial charge in [0.1, 0.15) is 0 Å². The molecule has 0 spiro atoms. The minimum absolute atomic E-state index is 0.384. The molecule has 1 aliphatic rings. The average Bonchev–Trinajstić information content (AvgIpc) is 2.48. The van der Waals surface area contributed by atoms with E-state index in [9.17, 15) is 0 Å². The minimum Gasteiger partial charge on any atom is -0.398 e. The smallest absolute Gasteiger partial charge is 0.398 e. The second kappa shape index (κ2) is 3.57. The first-order chi connectivity index (χ1) is 8.23. The van der Waals surface area contributed by atoms with E-state index in [0.717, 1.165) is 0 Å². The zero-order valence-electron chi connectivity index (χ0n) is 12.2. The van der Waals surface area contributed by atoms with Crippen molar-refractivity contribution < 1.29 is 12.1 Å². The predicted molar refractivity (Wildman–Crippen MR) is 64.7 cm³/mol. The van der Waals surface area contributed by atoms with Crippen LogP contribution in [-0.4, -0.2) is 23.3 Å². The lowest BCUT2D eigenvalue weighted by molar-refractivity contribution is 0.00578. The van der Waals surface area contributed by atoms with Crippen LogP contribution in [0.2, 0.25) is 0 Å². The van der Waals surface area contributed by atoms with Crippen LogP contribution in [-0.2, 0) is 9.31 Å². The molecule has 1 aliphatic heterocycles. The standard InChI is InChI=1S/C12H18BNO2/c1-9-6-7-10(14-8-9)13-15-11(2,3)12(4,5)16-13/h6-8H,1-5H3/i1D2. The minimum atomic E-state index is -1.01. The van der Waals surface area contributed by atoms with E-state index in [1.165, 1.54) is 6.20 Å². The number of nitrogens with zero attached hydrogens (tertiary/aromatic N) is 1. The van der Waals surface area contributed by atoms with E-state index < -0.39 is 14.0 Å². The molecule has 2 rings (SSSR count). The highest BCUT2D eigenvalue weighted by Crippen LogP contribution is 2.36. The van der Waals surface area contributed by atoms with Crippen molar-refractivity contribution in [3.63, 3.8) is 0 Å². The predicted octanol–water partition coefficient (Wildman–Crippen LogP) is 1.69. The first kappa shape index (κ1) is 9.19. The van der Waals surface area contributed by atoms with Crippen molar-refractivity contribution >= 4 is 12.7 Å². The third-order valence-electron chi connectivity index (χ3n) is 3.30. The van der Waals surface area contributed by atoms with Crippen LogP contribution in [0.1, 0.15) is 36.0 Å². The topological polar surface area (TPSA) is 31.4 Å². The van der Waals surface area contributed by atoms with Gasteiger partial charge in [0.15, 0.2) is 0 Å². The molecule has 0 N–H and O–H groups in total. The SMILES string of the molecule is [2H]C([2H])c1ccc(B2OC(C)(C)C(C)(C)O2)nc1. The normalized spacial score (nSPS) is 24.4. The maximum Gasteiger partial charge on any atom is 0.514 e. The number of aromatic nitrogens is 1. The third kappa shape index (κ3) is 1.87. The van der Waals surface area contributed by atoms with Crippen molar-refractivity contribution in [1.29, 1.82) is 0 Å². The van der Waals surface area contributed by atoms with Crippen LogP contribution in [0.3, 0.4) is 0 Å². The first-order valence-electron chi connectivity index (χ1n) is 6.54. The van der Waals surface area contributed by atoms with Crippen molar-refractivity contribution in [3.8, 4) is 0 Å². The maximum atomic E-state index is 7.29. The maximum absolute atomic E-state index is 7.29. The fourth-order valence-corrected chi connectivity index (χ4v) is 1.52. The Kier molecular flexibility index (Phi) is 2.05. The molecule has 0 atom stereocenters. The van der Waals surface area contributed by atoms with Crippen molar-refractivity contribution in [3.05, 3.63) is 23.9 Å². The van der Waals surface area contributed by atoms with Crippen LogP contribution < -0.4 is 5.59 Å². The zero-order chi connectivity index (χ0) is 13.6. The van der Waals surface area contributed by atoms with Crippen LogP contribution in [0.4, 0.5) is 0 Å². The summed E-state index contributed by atoms with van der Waals surface area (Å²) in [4.78, 5) is 4.22. The molecular weight excluding hydrogens is 201 g/mol. The molecule has 0 aliphatic carbocycles. The summed E-state index contributed by atoms with van der Waals surface area (Å²) in [6, 6.07) is 3.48. The molecule has 0 unspecified atom stereocenters. The van der Waals surface area contributed by atoms with E-state index >= 15 is 0 Å². The summed E-state index contributed by atoms with van der Waals surface area (Å²) < 4.78 is 26.3. The van der Waals surface area contributed by atoms with E-state index in [0.29, 0.717) is 11.2 Å². The Labute approximate surface area is 100 Å². The van der Waals surface area contributed by atoms with Gasteiger partial charge in [-0.25, -0.2) is 0 Å². The van der Waals surface area contributed by atoms with Crippen LogP contribution in [0.25, 0.3) is 0 Å². The number of hydrogen-bond donors (Lipinski definition) is 0. The Balaban J connectivity index is 2.19. The lowest BCUT2D eigenvalue weighted by atomic mass is 9.84. The largest absolute Gasteiger partial charge is 0.514 e. The number of aryl methyl sites for hydroxylation is 1. The van der Waals surface area contributed by atoms with Crippen molar-refractivity contribution in [2.45, 2.75) is 45.8 Å². The highest BCUT2D eigenvalue weighted by Gasteiger charge is 2.52. The molecule has 1 aromatic heterocycles. The van der Waals surface area contributed by atoms with Gasteiger partial charge in [0, 0.05) is 8.94 Å². The number of rotatable bonds is 1. The number of pyridine rings is 1. The number of hydrogen-bond acceptors (Lipinski definition) is 3. The molecule has 4 heteroatoms. The van der Waals surface area contributed by atoms with Gasteiger partial charge in [0.25, 0.3) is 0 Å². The van der Waals surface area contributed by atoms with Gasteiger partial charge >= 0.3 is 7.12 Å². The monoisotopic (exact) mass is 221 g/mol. The lowest BCUT2D eigenvalue weighted by Crippen LogP contribution is -2.41. The summed E-state index contributed by atoms with van der Waals surface area (Å²) in [7, 11) is -0.487. The Hall–Kier alpha value is -0.865. The molecule has 0 bridgehead atoms. The summed E-state index contributed by atoms with van der Waals surface area (Å²) in [6.07, 6.45) is 1.53. The van der Waals surface area contributed by atoms with Gasteiger partial charge in [-0.05, 0) is 46.2 Å². The molecule has 0 amide bonds. The summed E-state index contributed by atoms with van der Waals surface area (Å²) in [5.74, 6) is 0. The van der Waals surface area contributed by atoms with Gasteiger partial charge in [-0.1, -0.05) is 6.07 Å². The van der Waals surface area contributed by atoms with Gasteiger partial charge in [-0.2, -0.15) is 0 Å². The summed E-state index contributed by atoms with van der Waals surface area (Å²) in [5.41, 5.74) is 0.477. The molecular formula is C12H18BNO2. The average molecular weight is 221 g/mol. The second-order valence-electron chi connectivity index (χ2n) is 5.10. The van der Waals surface area contributed by atoms with Crippen LogP contribution in [0.5, 0.6) is 0 Å². The molecule has 0 saturated carbocycles. The lowest BCUT2D eigenvalue weighted by Gasteiger charge is -2.32. The van der Waals surface area contributed by atoms with E-state index in [4.69, 9.17) is 12.1 Å². The van der Waals surface area contributed by atoms with Crippen molar-refractivity contribution in [1.82, 2.24) is 4.98 Å². The molecule has 86 valence electrons. The van der Waals surface area contributed by atoms with Crippen LogP contribution in [0, 0.1) is 6.88 Å². The molecule has 0 radical (unpaired) electrons. The van der Waals surface area contributed by atoms with Gasteiger partial charge in [0.2, 0.25) is 0 Å². The van der Waals surface area contributed by atoms with Gasteiger partial charge in [-0.3, -0.25) is 4.98 Å². The van der Waals surface area contributed by atoms with Gasteiger partial charge < -0.3 is 9.31 Å². The molecule has 1 aromatic rings. The third-order valence-corrected chi connectivity index (χ3v) is 3.30. The van der Waals surface area contributed by atoms with Crippen LogP contribution >= 0.6 is 0 Å². The Morgan fingerprint density at radius 1 is 1.19 bits per heavy atom. The van der Waals surface area contributed by atoms with Crippen molar-refractivity contribution in [2.75, 3.05) is 0 Å². The summed E-state index contributed by atoms with van der Waals surface area (Å²) in [5, 5.41) is 0. The fraction of sp³-hybridized carbons (Fsp3) is 0.583. The molecule has 1 fully saturated rings. The van der Waals surface area contributed by atoms with E-state index in [1.54, 1.807) is 12.1 Å². The quantitative estimate of drug-likeness (QED) is 0.676. The molecule has 16 heavy (non-hydrogen) atoms. The van der Waals surface area contributed by atoms with Gasteiger partial charge in [0.05, 0.1) is 16.8 Å². The summed E-state index contributed by atoms with van der Waals surface area (Å²) >= 11 is 0. The fourth-order valence-electron chi connectivity index (χ4n) is 1.52. The molecule has 3 nitrogen and oxygen atoms in total. The van der Waals surface area contributed by atoms with Crippen molar-refractivity contribution in [2.24, 2.45) is 0 Å². The highest BCUT2D eigenvalue weighted by molar-refractivity contribution is 6.61. The van der Waals surface area contributed by atoms with Gasteiger partial charge in [-0.15, -0.1) is 0 Å². The Morgan fingerprint density at radius 2 is 1.81 bits per heavy atom. The Bertz CT molecular complexity index is 418. The highest BCUT2D eigenvalue weighted by atomic mass is 16.7. The van der Waals surface area contributed by atoms with E-state index in [-0.39, 0.29) is 11.2 Å². The van der Waals surface area contributed by atoms with Crippen LogP contribution in [0.15, 0.2) is 18.3 Å². The summed E-state index contributed by atoms with van der Waals surface area (Å²) in [6.45, 7) is 6.95.